The lowest BCUT2D eigenvalue weighted by molar-refractivity contribution is 0.603. The van der Waals surface area contributed by atoms with E-state index in [-0.39, 0.29) is 11.8 Å². The number of rotatable bonds is 5. The van der Waals surface area contributed by atoms with Crippen molar-refractivity contribution in [3.05, 3.63) is 12.0 Å². The minimum absolute atomic E-state index is 0.105. The molecule has 0 amide bonds. The van der Waals surface area contributed by atoms with Gasteiger partial charge in [0.25, 0.3) is 0 Å². The van der Waals surface area contributed by atoms with Crippen LogP contribution in [0.1, 0.15) is 26.2 Å². The quantitative estimate of drug-likeness (QED) is 0.756. The van der Waals surface area contributed by atoms with Crippen molar-refractivity contribution in [3.8, 4) is 0 Å². The van der Waals surface area contributed by atoms with Crippen LogP contribution in [0.3, 0.4) is 0 Å². The average molecular weight is 212 g/mol. The van der Waals surface area contributed by atoms with E-state index >= 15 is 0 Å². The topological polar surface area (TPSA) is 55.0 Å². The molecule has 0 aliphatic rings. The first-order chi connectivity index (χ1) is 7.15. The van der Waals surface area contributed by atoms with E-state index in [1.807, 2.05) is 0 Å². The van der Waals surface area contributed by atoms with Crippen LogP contribution in [0.25, 0.3) is 0 Å². The van der Waals surface area contributed by atoms with E-state index in [1.165, 1.54) is 0 Å². The van der Waals surface area contributed by atoms with Gasteiger partial charge >= 0.3 is 0 Å². The zero-order valence-electron chi connectivity index (χ0n) is 9.20. The Kier molecular flexibility index (Phi) is 4.27. The molecule has 4 nitrogen and oxygen atoms in total. The summed E-state index contributed by atoms with van der Waals surface area (Å²) < 4.78 is 13.3. The van der Waals surface area contributed by atoms with Crippen molar-refractivity contribution in [3.63, 3.8) is 0 Å². The number of nitrogens with zero attached hydrogens (tertiary/aromatic N) is 3. The van der Waals surface area contributed by atoms with Crippen molar-refractivity contribution >= 4 is 11.8 Å². The second kappa shape index (κ2) is 5.48. The Morgan fingerprint density at radius 1 is 1.47 bits per heavy atom. The maximum atomic E-state index is 13.3. The fraction of sp³-hybridized carbons (Fsp3) is 0.600. The van der Waals surface area contributed by atoms with E-state index in [0.717, 1.165) is 32.0 Å². The molecule has 0 spiro atoms. The first kappa shape index (κ1) is 11.7. The lowest BCUT2D eigenvalue weighted by atomic mass is 10.2. The molecule has 0 fully saturated rings. The Balaban J connectivity index is 2.64. The second-order valence-corrected chi connectivity index (χ2v) is 3.53. The van der Waals surface area contributed by atoms with Gasteiger partial charge in [-0.2, -0.15) is 4.98 Å². The van der Waals surface area contributed by atoms with Crippen LogP contribution >= 0.6 is 0 Å². The number of halogens is 1. The van der Waals surface area contributed by atoms with Gasteiger partial charge in [-0.15, -0.1) is 0 Å². The molecule has 1 aromatic rings. The molecule has 0 saturated carbocycles. The monoisotopic (exact) mass is 212 g/mol. The predicted molar refractivity (Wildman–Crippen MR) is 59.2 cm³/mol. The highest BCUT2D eigenvalue weighted by molar-refractivity contribution is 5.41. The zero-order chi connectivity index (χ0) is 11.3. The van der Waals surface area contributed by atoms with Crippen LogP contribution < -0.4 is 10.6 Å². The largest absolute Gasteiger partial charge is 0.368 e. The van der Waals surface area contributed by atoms with Gasteiger partial charge in [-0.05, 0) is 6.42 Å². The highest BCUT2D eigenvalue weighted by atomic mass is 19.1. The number of nitrogen functional groups attached to an aromatic ring is 1. The molecule has 0 atom stereocenters. The molecule has 1 heterocycles. The first-order valence-electron chi connectivity index (χ1n) is 5.14. The molecular formula is C10H17FN4. The van der Waals surface area contributed by atoms with E-state index in [1.54, 1.807) is 11.9 Å². The smallest absolute Gasteiger partial charge is 0.222 e. The normalized spacial score (nSPS) is 10.3. The molecule has 0 aromatic carbocycles. The van der Waals surface area contributed by atoms with Crippen molar-refractivity contribution in [2.24, 2.45) is 0 Å². The van der Waals surface area contributed by atoms with Crippen molar-refractivity contribution in [2.45, 2.75) is 26.2 Å². The third-order valence-corrected chi connectivity index (χ3v) is 2.20. The summed E-state index contributed by atoms with van der Waals surface area (Å²) in [6.07, 6.45) is 4.40. The Bertz CT molecular complexity index is 316. The van der Waals surface area contributed by atoms with E-state index in [4.69, 9.17) is 5.73 Å². The van der Waals surface area contributed by atoms with Crippen molar-refractivity contribution in [1.82, 2.24) is 9.97 Å². The highest BCUT2D eigenvalue weighted by Crippen LogP contribution is 2.15. The first-order valence-corrected chi connectivity index (χ1v) is 5.14. The molecule has 0 radical (unpaired) electrons. The molecule has 1 aromatic heterocycles. The molecular weight excluding hydrogens is 195 g/mol. The lowest BCUT2D eigenvalue weighted by Gasteiger charge is -2.18. The van der Waals surface area contributed by atoms with Crippen LogP contribution in [-0.2, 0) is 0 Å². The maximum absolute atomic E-state index is 13.3. The van der Waals surface area contributed by atoms with Gasteiger partial charge in [-0.3, -0.25) is 0 Å². The minimum Gasteiger partial charge on any atom is -0.368 e. The van der Waals surface area contributed by atoms with Crippen LogP contribution in [0.15, 0.2) is 6.20 Å². The number of hydrogen-bond acceptors (Lipinski definition) is 4. The lowest BCUT2D eigenvalue weighted by Crippen LogP contribution is -2.21. The summed E-state index contributed by atoms with van der Waals surface area (Å²) in [5, 5.41) is 0. The van der Waals surface area contributed by atoms with E-state index in [2.05, 4.69) is 16.9 Å². The van der Waals surface area contributed by atoms with Crippen LogP contribution in [-0.4, -0.2) is 23.6 Å². The predicted octanol–water partition coefficient (Wildman–Crippen LogP) is 1.82. The van der Waals surface area contributed by atoms with Crippen LogP contribution in [0.5, 0.6) is 0 Å². The molecule has 0 bridgehead atoms. The number of unbranched alkanes of at least 4 members (excludes halogenated alkanes) is 2. The summed E-state index contributed by atoms with van der Waals surface area (Å²) >= 11 is 0. The van der Waals surface area contributed by atoms with Crippen LogP contribution in [0, 0.1) is 5.82 Å². The molecule has 2 N–H and O–H groups in total. The molecule has 84 valence electrons. The third kappa shape index (κ3) is 3.34. The van der Waals surface area contributed by atoms with Crippen molar-refractivity contribution < 1.29 is 4.39 Å². The maximum Gasteiger partial charge on any atom is 0.222 e. The summed E-state index contributed by atoms with van der Waals surface area (Å²) in [6.45, 7) is 2.91. The summed E-state index contributed by atoms with van der Waals surface area (Å²) in [5.74, 6) is -0.0458. The summed E-state index contributed by atoms with van der Waals surface area (Å²) in [7, 11) is 1.81. The Morgan fingerprint density at radius 2 is 2.20 bits per heavy atom. The number of aromatic nitrogens is 2. The molecule has 15 heavy (non-hydrogen) atoms. The highest BCUT2D eigenvalue weighted by Gasteiger charge is 2.09. The zero-order valence-corrected chi connectivity index (χ0v) is 9.20. The van der Waals surface area contributed by atoms with Gasteiger partial charge in [0.2, 0.25) is 5.95 Å². The van der Waals surface area contributed by atoms with Crippen molar-refractivity contribution in [1.29, 1.82) is 0 Å². The Morgan fingerprint density at radius 3 is 2.87 bits per heavy atom. The number of hydrogen-bond donors (Lipinski definition) is 1. The average Bonchev–Trinajstić information content (AvgIpc) is 2.22. The van der Waals surface area contributed by atoms with Gasteiger partial charge in [0.1, 0.15) is 0 Å². The van der Waals surface area contributed by atoms with Crippen LogP contribution in [0.2, 0.25) is 0 Å². The van der Waals surface area contributed by atoms with Gasteiger partial charge < -0.3 is 10.6 Å². The Labute approximate surface area is 89.3 Å². The fourth-order valence-electron chi connectivity index (χ4n) is 1.34. The van der Waals surface area contributed by atoms with Gasteiger partial charge in [-0.25, -0.2) is 9.37 Å². The molecule has 0 aliphatic carbocycles. The molecule has 0 unspecified atom stereocenters. The SMILES string of the molecule is CCCCCN(C)c1nc(N)ncc1F. The third-order valence-electron chi connectivity index (χ3n) is 2.20. The van der Waals surface area contributed by atoms with Gasteiger partial charge in [0.05, 0.1) is 6.20 Å². The number of anilines is 2. The van der Waals surface area contributed by atoms with E-state index in [0.29, 0.717) is 0 Å². The molecule has 5 heteroatoms. The van der Waals surface area contributed by atoms with E-state index < -0.39 is 5.82 Å². The van der Waals surface area contributed by atoms with E-state index in [9.17, 15) is 4.39 Å². The van der Waals surface area contributed by atoms with Gasteiger partial charge in [-0.1, -0.05) is 19.8 Å². The second-order valence-electron chi connectivity index (χ2n) is 3.53. The number of nitrogens with two attached hydrogens (primary N) is 1. The fourth-order valence-corrected chi connectivity index (χ4v) is 1.34. The van der Waals surface area contributed by atoms with Gasteiger partial charge in [0, 0.05) is 13.6 Å². The molecule has 0 saturated heterocycles. The van der Waals surface area contributed by atoms with Gasteiger partial charge in [0.15, 0.2) is 11.6 Å². The molecule has 1 rings (SSSR count). The van der Waals surface area contributed by atoms with Crippen molar-refractivity contribution in [2.75, 3.05) is 24.2 Å². The summed E-state index contributed by atoms with van der Waals surface area (Å²) in [6, 6.07) is 0. The molecule has 0 aliphatic heterocycles. The minimum atomic E-state index is -0.428. The Hall–Kier alpha value is -1.39. The van der Waals surface area contributed by atoms with Crippen LogP contribution in [0.4, 0.5) is 16.2 Å². The summed E-state index contributed by atoms with van der Waals surface area (Å²) in [5.41, 5.74) is 5.40. The summed E-state index contributed by atoms with van der Waals surface area (Å²) in [4.78, 5) is 9.22. The standard InChI is InChI=1S/C10H17FN4/c1-3-4-5-6-15(2)9-8(11)7-13-10(12)14-9/h7H,3-6H2,1-2H3,(H2,12,13,14).